The molecule has 1 amide bonds. The third-order valence-electron chi connectivity index (χ3n) is 3.51. The van der Waals surface area contributed by atoms with Crippen LogP contribution >= 0.6 is 0 Å². The SMILES string of the molecule is Cc1cccc(-n2nnc(C(=O)Nc3ccc(OC(F)(F)F)cc3)c2N)c1. The van der Waals surface area contributed by atoms with Crippen molar-refractivity contribution >= 4 is 17.4 Å². The second kappa shape index (κ2) is 6.98. The van der Waals surface area contributed by atoms with E-state index in [0.717, 1.165) is 17.7 Å². The van der Waals surface area contributed by atoms with Gasteiger partial charge < -0.3 is 15.8 Å². The van der Waals surface area contributed by atoms with Crippen molar-refractivity contribution < 1.29 is 22.7 Å². The lowest BCUT2D eigenvalue weighted by molar-refractivity contribution is -0.274. The maximum Gasteiger partial charge on any atom is 0.573 e. The van der Waals surface area contributed by atoms with Gasteiger partial charge in [-0.25, -0.2) is 0 Å². The number of carbonyl (C=O) groups excluding carboxylic acids is 1. The molecule has 2 aromatic carbocycles. The zero-order chi connectivity index (χ0) is 19.6. The largest absolute Gasteiger partial charge is 0.573 e. The van der Waals surface area contributed by atoms with Crippen LogP contribution in [0.5, 0.6) is 5.75 Å². The van der Waals surface area contributed by atoms with Crippen LogP contribution in [0.1, 0.15) is 16.1 Å². The van der Waals surface area contributed by atoms with Gasteiger partial charge in [0.25, 0.3) is 5.91 Å². The second-order valence-electron chi connectivity index (χ2n) is 5.60. The molecule has 0 unspecified atom stereocenters. The van der Waals surface area contributed by atoms with Crippen LogP contribution in [0.15, 0.2) is 48.5 Å². The molecule has 0 aliphatic carbocycles. The molecule has 3 aromatic rings. The van der Waals surface area contributed by atoms with E-state index in [0.29, 0.717) is 5.69 Å². The Labute approximate surface area is 151 Å². The Bertz CT molecular complexity index is 967. The number of amides is 1. The first-order valence-electron chi connectivity index (χ1n) is 7.68. The molecule has 0 aliphatic heterocycles. The normalized spacial score (nSPS) is 11.3. The highest BCUT2D eigenvalue weighted by atomic mass is 19.4. The molecular formula is C17H14F3N5O2. The Morgan fingerprint density at radius 2 is 1.89 bits per heavy atom. The van der Waals surface area contributed by atoms with Crippen molar-refractivity contribution in [3.8, 4) is 11.4 Å². The van der Waals surface area contributed by atoms with Crippen LogP contribution in [0.2, 0.25) is 0 Å². The Hall–Kier alpha value is -3.56. The minimum atomic E-state index is -4.78. The maximum atomic E-state index is 12.3. The highest BCUT2D eigenvalue weighted by molar-refractivity contribution is 6.05. The number of ether oxygens (including phenoxy) is 1. The molecule has 0 saturated heterocycles. The van der Waals surface area contributed by atoms with Crippen LogP contribution in [0.25, 0.3) is 5.69 Å². The molecule has 0 radical (unpaired) electrons. The molecule has 0 atom stereocenters. The predicted molar refractivity (Wildman–Crippen MR) is 91.6 cm³/mol. The zero-order valence-electron chi connectivity index (χ0n) is 14.0. The van der Waals surface area contributed by atoms with Crippen LogP contribution in [0.4, 0.5) is 24.7 Å². The molecule has 3 rings (SSSR count). The summed E-state index contributed by atoms with van der Waals surface area (Å²) >= 11 is 0. The Kier molecular flexibility index (Phi) is 4.72. The van der Waals surface area contributed by atoms with E-state index in [-0.39, 0.29) is 17.2 Å². The number of nitrogens with two attached hydrogens (primary N) is 1. The van der Waals surface area contributed by atoms with Crippen molar-refractivity contribution in [2.45, 2.75) is 13.3 Å². The summed E-state index contributed by atoms with van der Waals surface area (Å²) < 4.78 is 41.6. The van der Waals surface area contributed by atoms with Gasteiger partial charge in [-0.2, -0.15) is 4.68 Å². The molecule has 0 spiro atoms. The lowest BCUT2D eigenvalue weighted by atomic mass is 10.2. The van der Waals surface area contributed by atoms with Crippen molar-refractivity contribution in [3.63, 3.8) is 0 Å². The number of carbonyl (C=O) groups is 1. The Morgan fingerprint density at radius 3 is 2.52 bits per heavy atom. The number of rotatable bonds is 4. The third-order valence-corrected chi connectivity index (χ3v) is 3.51. The molecule has 7 nitrogen and oxygen atoms in total. The van der Waals surface area contributed by atoms with Gasteiger partial charge >= 0.3 is 6.36 Å². The Morgan fingerprint density at radius 1 is 1.19 bits per heavy atom. The number of nitrogens with zero attached hydrogens (tertiary/aromatic N) is 3. The molecule has 10 heteroatoms. The average molecular weight is 377 g/mol. The number of benzene rings is 2. The van der Waals surface area contributed by atoms with E-state index >= 15 is 0 Å². The van der Waals surface area contributed by atoms with E-state index in [9.17, 15) is 18.0 Å². The summed E-state index contributed by atoms with van der Waals surface area (Å²) in [5.41, 5.74) is 7.74. The first-order valence-corrected chi connectivity index (χ1v) is 7.68. The summed E-state index contributed by atoms with van der Waals surface area (Å²) in [4.78, 5) is 12.3. The summed E-state index contributed by atoms with van der Waals surface area (Å²) in [5, 5.41) is 10.2. The third kappa shape index (κ3) is 4.35. The number of hydrogen-bond donors (Lipinski definition) is 2. The second-order valence-corrected chi connectivity index (χ2v) is 5.60. The average Bonchev–Trinajstić information content (AvgIpc) is 2.97. The van der Waals surface area contributed by atoms with Gasteiger partial charge in [-0.3, -0.25) is 4.79 Å². The van der Waals surface area contributed by atoms with Gasteiger partial charge in [0.05, 0.1) is 5.69 Å². The van der Waals surface area contributed by atoms with Gasteiger partial charge in [-0.05, 0) is 48.9 Å². The van der Waals surface area contributed by atoms with Crippen LogP contribution in [0.3, 0.4) is 0 Å². The monoisotopic (exact) mass is 377 g/mol. The number of hydrogen-bond acceptors (Lipinski definition) is 5. The summed E-state index contributed by atoms with van der Waals surface area (Å²) in [6.45, 7) is 1.90. The van der Waals surface area contributed by atoms with Gasteiger partial charge in [-0.15, -0.1) is 18.3 Å². The van der Waals surface area contributed by atoms with Gasteiger partial charge in [0.1, 0.15) is 5.75 Å². The van der Waals surface area contributed by atoms with E-state index in [4.69, 9.17) is 5.73 Å². The van der Waals surface area contributed by atoms with E-state index in [2.05, 4.69) is 20.4 Å². The molecule has 0 fully saturated rings. The van der Waals surface area contributed by atoms with Crippen LogP contribution < -0.4 is 15.8 Å². The molecule has 27 heavy (non-hydrogen) atoms. The van der Waals surface area contributed by atoms with E-state index < -0.39 is 18.0 Å². The van der Waals surface area contributed by atoms with Crippen molar-refractivity contribution in [2.75, 3.05) is 11.1 Å². The fourth-order valence-electron chi connectivity index (χ4n) is 2.33. The maximum absolute atomic E-state index is 12.3. The number of alkyl halides is 3. The number of aryl methyl sites for hydroxylation is 1. The van der Waals surface area contributed by atoms with Crippen LogP contribution in [-0.4, -0.2) is 27.3 Å². The lowest BCUT2D eigenvalue weighted by Gasteiger charge is -2.09. The molecule has 1 heterocycles. The van der Waals surface area contributed by atoms with Gasteiger partial charge in [-0.1, -0.05) is 17.3 Å². The molecule has 1 aromatic heterocycles. The number of aromatic nitrogens is 3. The minimum absolute atomic E-state index is 0.0372. The number of nitrogen functional groups attached to an aromatic ring is 1. The fraction of sp³-hybridized carbons (Fsp3) is 0.118. The topological polar surface area (TPSA) is 95.1 Å². The van der Waals surface area contributed by atoms with Gasteiger partial charge in [0.2, 0.25) is 0 Å². The highest BCUT2D eigenvalue weighted by Gasteiger charge is 2.31. The summed E-state index contributed by atoms with van der Waals surface area (Å²) in [5.74, 6) is -1.00. The van der Waals surface area contributed by atoms with Crippen molar-refractivity contribution in [1.82, 2.24) is 15.0 Å². The number of halogens is 3. The summed E-state index contributed by atoms with van der Waals surface area (Å²) in [7, 11) is 0. The predicted octanol–water partition coefficient (Wildman–Crippen LogP) is 3.31. The minimum Gasteiger partial charge on any atom is -0.406 e. The quantitative estimate of drug-likeness (QED) is 0.727. The lowest BCUT2D eigenvalue weighted by Crippen LogP contribution is -2.17. The molecule has 0 aliphatic rings. The van der Waals surface area contributed by atoms with Crippen molar-refractivity contribution in [1.29, 1.82) is 0 Å². The molecule has 0 bridgehead atoms. The number of anilines is 2. The summed E-state index contributed by atoms with van der Waals surface area (Å²) in [6.07, 6.45) is -4.78. The van der Waals surface area contributed by atoms with Gasteiger partial charge in [0.15, 0.2) is 11.5 Å². The first-order chi connectivity index (χ1) is 12.7. The van der Waals surface area contributed by atoms with Crippen molar-refractivity contribution in [3.05, 3.63) is 59.8 Å². The van der Waals surface area contributed by atoms with Crippen LogP contribution in [-0.2, 0) is 0 Å². The smallest absolute Gasteiger partial charge is 0.406 e. The Balaban J connectivity index is 1.75. The van der Waals surface area contributed by atoms with Crippen molar-refractivity contribution in [2.24, 2.45) is 0 Å². The molecule has 3 N–H and O–H groups in total. The first kappa shape index (κ1) is 18.2. The molecule has 140 valence electrons. The van der Waals surface area contributed by atoms with Gasteiger partial charge in [0, 0.05) is 5.69 Å². The fourth-order valence-corrected chi connectivity index (χ4v) is 2.33. The summed E-state index contributed by atoms with van der Waals surface area (Å²) in [6, 6.07) is 12.0. The van der Waals surface area contributed by atoms with E-state index in [1.807, 2.05) is 25.1 Å². The van der Waals surface area contributed by atoms with E-state index in [1.54, 1.807) is 6.07 Å². The van der Waals surface area contributed by atoms with Crippen LogP contribution in [0, 0.1) is 6.92 Å². The highest BCUT2D eigenvalue weighted by Crippen LogP contribution is 2.24. The zero-order valence-corrected chi connectivity index (χ0v) is 14.0. The molecule has 0 saturated carbocycles. The standard InChI is InChI=1S/C17H14F3N5O2/c1-10-3-2-4-12(9-10)25-15(21)14(23-24-25)16(26)22-11-5-7-13(8-6-11)27-17(18,19)20/h2-9H,21H2,1H3,(H,22,26). The molecular weight excluding hydrogens is 363 g/mol. The van der Waals surface area contributed by atoms with E-state index in [1.165, 1.54) is 16.8 Å². The number of nitrogens with one attached hydrogen (secondary N) is 1.